The van der Waals surface area contributed by atoms with Crippen LogP contribution in [-0.2, 0) is 4.79 Å². The van der Waals surface area contributed by atoms with Gasteiger partial charge >= 0.3 is 0 Å². The van der Waals surface area contributed by atoms with E-state index in [2.05, 4.69) is 22.4 Å². The zero-order valence-electron chi connectivity index (χ0n) is 11.2. The first-order valence-corrected chi connectivity index (χ1v) is 8.94. The van der Waals surface area contributed by atoms with Gasteiger partial charge in [-0.3, -0.25) is 14.9 Å². The van der Waals surface area contributed by atoms with Crippen molar-refractivity contribution >= 4 is 46.7 Å². The molecule has 2 aromatic rings. The van der Waals surface area contributed by atoms with E-state index >= 15 is 0 Å². The Kier molecular flexibility index (Phi) is 6.27. The maximum atomic E-state index is 11.7. The van der Waals surface area contributed by atoms with Gasteiger partial charge < -0.3 is 4.42 Å². The molecule has 2 heterocycles. The van der Waals surface area contributed by atoms with E-state index in [9.17, 15) is 9.59 Å². The van der Waals surface area contributed by atoms with Gasteiger partial charge in [0.15, 0.2) is 14.4 Å². The molecule has 0 aromatic carbocycles. The molecule has 0 spiro atoms. The monoisotopic (exact) mass is 343 g/mol. The summed E-state index contributed by atoms with van der Waals surface area (Å²) in [5.41, 5.74) is 0. The highest BCUT2D eigenvalue weighted by molar-refractivity contribution is 8.03. The van der Waals surface area contributed by atoms with Crippen LogP contribution < -0.4 is 5.32 Å². The molecule has 9 heteroatoms. The quantitative estimate of drug-likeness (QED) is 0.774. The van der Waals surface area contributed by atoms with Crippen LogP contribution in [0.3, 0.4) is 0 Å². The molecule has 6 nitrogen and oxygen atoms in total. The van der Waals surface area contributed by atoms with Crippen LogP contribution in [0.1, 0.15) is 23.9 Å². The number of furan rings is 1. The van der Waals surface area contributed by atoms with Crippen molar-refractivity contribution in [1.82, 2.24) is 15.5 Å². The topological polar surface area (TPSA) is 85.1 Å². The summed E-state index contributed by atoms with van der Waals surface area (Å²) in [5.74, 6) is 0.292. The van der Waals surface area contributed by atoms with Gasteiger partial charge in [0.1, 0.15) is 0 Å². The highest BCUT2D eigenvalue weighted by Gasteiger charge is 2.14. The Morgan fingerprint density at radius 3 is 2.76 bits per heavy atom. The molecule has 0 aliphatic carbocycles. The summed E-state index contributed by atoms with van der Waals surface area (Å²) in [6.45, 7) is 2.10. The fourth-order valence-electron chi connectivity index (χ4n) is 1.26. The van der Waals surface area contributed by atoms with Crippen LogP contribution >= 0.6 is 34.9 Å². The molecule has 0 aliphatic rings. The zero-order valence-corrected chi connectivity index (χ0v) is 13.6. The molecule has 0 saturated heterocycles. The lowest BCUT2D eigenvalue weighted by molar-refractivity contribution is -0.117. The first-order valence-electron chi connectivity index (χ1n) is 6.16. The van der Waals surface area contributed by atoms with Gasteiger partial charge in [-0.25, -0.2) is 0 Å². The van der Waals surface area contributed by atoms with E-state index in [1.165, 1.54) is 35.4 Å². The van der Waals surface area contributed by atoms with E-state index in [1.54, 1.807) is 17.8 Å². The number of hydrogen-bond donors (Lipinski definition) is 1. The number of imide groups is 1. The second-order valence-corrected chi connectivity index (χ2v) is 7.37. The normalized spacial score (nSPS) is 10.5. The number of rotatable bonds is 7. The van der Waals surface area contributed by atoms with Crippen molar-refractivity contribution in [2.24, 2.45) is 0 Å². The second kappa shape index (κ2) is 8.20. The smallest absolute Gasteiger partial charge is 0.293 e. The third-order valence-electron chi connectivity index (χ3n) is 2.14. The Morgan fingerprint density at radius 1 is 1.33 bits per heavy atom. The average Bonchev–Trinajstić information content (AvgIpc) is 3.14. The molecule has 0 aliphatic heterocycles. The Morgan fingerprint density at radius 2 is 2.10 bits per heavy atom. The number of carbonyl (C=O) groups excluding carboxylic acids is 2. The van der Waals surface area contributed by atoms with Crippen LogP contribution in [0.25, 0.3) is 0 Å². The first kappa shape index (κ1) is 16.1. The van der Waals surface area contributed by atoms with Gasteiger partial charge in [0.05, 0.1) is 12.0 Å². The lowest BCUT2D eigenvalue weighted by atomic mass is 10.4. The van der Waals surface area contributed by atoms with Gasteiger partial charge in [-0.15, -0.1) is 10.2 Å². The number of thioether (sulfide) groups is 2. The van der Waals surface area contributed by atoms with Crippen LogP contribution in [0.2, 0.25) is 0 Å². The van der Waals surface area contributed by atoms with Gasteiger partial charge in [-0.1, -0.05) is 41.8 Å². The highest BCUT2D eigenvalue weighted by atomic mass is 32.2. The van der Waals surface area contributed by atoms with E-state index in [4.69, 9.17) is 4.42 Å². The molecule has 0 radical (unpaired) electrons. The van der Waals surface area contributed by atoms with Gasteiger partial charge in [0.25, 0.3) is 5.91 Å². The summed E-state index contributed by atoms with van der Waals surface area (Å²) < 4.78 is 6.52. The summed E-state index contributed by atoms with van der Waals surface area (Å²) >= 11 is 4.36. The molecule has 1 N–H and O–H groups in total. The maximum absolute atomic E-state index is 11.7. The maximum Gasteiger partial charge on any atom is 0.293 e. The van der Waals surface area contributed by atoms with Crippen molar-refractivity contribution < 1.29 is 14.0 Å². The van der Waals surface area contributed by atoms with Crippen molar-refractivity contribution in [2.75, 3.05) is 11.5 Å². The SMILES string of the molecule is CCCSc1nnc(SCC(=O)NC(=O)c2ccco2)s1. The van der Waals surface area contributed by atoms with Crippen molar-refractivity contribution in [3.63, 3.8) is 0 Å². The minimum Gasteiger partial charge on any atom is -0.459 e. The summed E-state index contributed by atoms with van der Waals surface area (Å²) in [6.07, 6.45) is 2.45. The average molecular weight is 343 g/mol. The van der Waals surface area contributed by atoms with Crippen molar-refractivity contribution in [3.8, 4) is 0 Å². The molecule has 21 heavy (non-hydrogen) atoms. The zero-order chi connectivity index (χ0) is 15.1. The molecular weight excluding hydrogens is 330 g/mol. The van der Waals surface area contributed by atoms with E-state index in [-0.39, 0.29) is 17.4 Å². The molecular formula is C12H13N3O3S3. The van der Waals surface area contributed by atoms with E-state index < -0.39 is 5.91 Å². The molecule has 0 unspecified atom stereocenters. The second-order valence-electron chi connectivity index (χ2n) is 3.83. The van der Waals surface area contributed by atoms with Crippen LogP contribution in [-0.4, -0.2) is 33.5 Å². The van der Waals surface area contributed by atoms with Gasteiger partial charge in [-0.2, -0.15) is 0 Å². The first-order chi connectivity index (χ1) is 10.2. The molecule has 2 aromatic heterocycles. The molecule has 0 saturated carbocycles. The highest BCUT2D eigenvalue weighted by Crippen LogP contribution is 2.28. The Hall–Kier alpha value is -1.32. The third kappa shape index (κ3) is 5.18. The molecule has 2 rings (SSSR count). The van der Waals surface area contributed by atoms with E-state index in [0.29, 0.717) is 4.34 Å². The minimum absolute atomic E-state index is 0.111. The molecule has 0 bridgehead atoms. The summed E-state index contributed by atoms with van der Waals surface area (Å²) in [7, 11) is 0. The predicted octanol–water partition coefficient (Wildman–Crippen LogP) is 2.68. The fraction of sp³-hybridized carbons (Fsp3) is 0.333. The number of nitrogens with zero attached hydrogens (tertiary/aromatic N) is 2. The molecule has 112 valence electrons. The Labute approximate surface area is 134 Å². The number of carbonyl (C=O) groups is 2. The predicted molar refractivity (Wildman–Crippen MR) is 82.8 cm³/mol. The molecule has 2 amide bonds. The summed E-state index contributed by atoms with van der Waals surface area (Å²) in [4.78, 5) is 23.2. The van der Waals surface area contributed by atoms with Gasteiger partial charge in [0, 0.05) is 5.75 Å². The fourth-order valence-corrected chi connectivity index (χ4v) is 4.01. The van der Waals surface area contributed by atoms with Crippen LogP contribution in [0, 0.1) is 0 Å². The van der Waals surface area contributed by atoms with Crippen LogP contribution in [0.15, 0.2) is 31.5 Å². The van der Waals surface area contributed by atoms with Crippen LogP contribution in [0.4, 0.5) is 0 Å². The minimum atomic E-state index is -0.540. The van der Waals surface area contributed by atoms with E-state index in [0.717, 1.165) is 16.5 Å². The number of aromatic nitrogens is 2. The lowest BCUT2D eigenvalue weighted by Crippen LogP contribution is -2.31. The van der Waals surface area contributed by atoms with Crippen molar-refractivity contribution in [2.45, 2.75) is 22.0 Å². The number of nitrogens with one attached hydrogen (secondary N) is 1. The van der Waals surface area contributed by atoms with E-state index in [1.807, 2.05) is 0 Å². The number of hydrogen-bond acceptors (Lipinski definition) is 8. The lowest BCUT2D eigenvalue weighted by Gasteiger charge is -2.00. The summed E-state index contributed by atoms with van der Waals surface area (Å²) in [6, 6.07) is 3.09. The Bertz CT molecular complexity index is 598. The van der Waals surface area contributed by atoms with Gasteiger partial charge in [0.2, 0.25) is 5.91 Å². The Balaban J connectivity index is 1.76. The standard InChI is InChI=1S/C12H13N3O3S3/c1-2-6-19-11-14-15-12(21-11)20-7-9(16)13-10(17)8-4-3-5-18-8/h3-5H,2,6-7H2,1H3,(H,13,16,17). The largest absolute Gasteiger partial charge is 0.459 e. The van der Waals surface area contributed by atoms with Crippen LogP contribution in [0.5, 0.6) is 0 Å². The number of amides is 2. The van der Waals surface area contributed by atoms with Crippen molar-refractivity contribution in [1.29, 1.82) is 0 Å². The summed E-state index contributed by atoms with van der Waals surface area (Å²) in [5, 5.41) is 10.3. The molecule has 0 fully saturated rings. The van der Waals surface area contributed by atoms with Gasteiger partial charge in [-0.05, 0) is 18.6 Å². The molecule has 0 atom stereocenters. The third-order valence-corrected chi connectivity index (χ3v) is 5.54. The van der Waals surface area contributed by atoms with Crippen molar-refractivity contribution in [3.05, 3.63) is 24.2 Å².